The Labute approximate surface area is 705 Å². The molecule has 8 aromatic heterocycles. The molecule has 0 atom stereocenters. The summed E-state index contributed by atoms with van der Waals surface area (Å²) in [5.41, 5.74) is 23.4. The number of H-pyrrole nitrogens is 2. The van der Waals surface area contributed by atoms with E-state index >= 15 is 0 Å². The van der Waals surface area contributed by atoms with E-state index in [0.29, 0.717) is 62.6 Å². The number of ketones is 2. The summed E-state index contributed by atoms with van der Waals surface area (Å²) in [4.78, 5) is 60.4. The topological polar surface area (TPSA) is 181 Å². The van der Waals surface area contributed by atoms with Crippen molar-refractivity contribution in [2.75, 3.05) is 16.4 Å². The average Bonchev–Trinajstić information content (AvgIpc) is 1.76. The molecule has 0 amide bonds. The molecule has 0 bridgehead atoms. The summed E-state index contributed by atoms with van der Waals surface area (Å²) in [6, 6.07) is 101. The number of fused-ring (bicyclic) bond motifs is 10. The fourth-order valence-corrected chi connectivity index (χ4v) is 16.8. The van der Waals surface area contributed by atoms with E-state index in [1.807, 2.05) is 187 Å². The number of aromatic amines is 2. The molecule has 121 heavy (non-hydrogen) atoms. The smallest absolute Gasteiger partial charge is 0.221 e. The minimum Gasteiger partial charge on any atom is -0.494 e. The number of nitrogens with zero attached hydrogens (tertiary/aromatic N) is 13. The lowest BCUT2D eigenvalue weighted by Crippen LogP contribution is -2.22. The van der Waals surface area contributed by atoms with Crippen LogP contribution >= 0.6 is 23.2 Å². The largest absolute Gasteiger partial charge is 0.494 e. The zero-order chi connectivity index (χ0) is 82.4. The lowest BCUT2D eigenvalue weighted by molar-refractivity contribution is 0.0988. The van der Waals surface area contributed by atoms with Gasteiger partial charge in [-0.2, -0.15) is 4.63 Å². The van der Waals surface area contributed by atoms with Gasteiger partial charge in [0, 0.05) is 92.9 Å². The van der Waals surface area contributed by atoms with E-state index in [0.717, 1.165) is 96.4 Å². The van der Waals surface area contributed by atoms with E-state index in [1.165, 1.54) is 55.1 Å². The predicted molar refractivity (Wildman–Crippen MR) is 486 cm³/mol. The quantitative estimate of drug-likeness (QED) is 0.0675. The third kappa shape index (κ3) is 13.7. The van der Waals surface area contributed by atoms with Crippen molar-refractivity contribution in [2.45, 2.75) is 34.2 Å². The van der Waals surface area contributed by atoms with E-state index in [4.69, 9.17) is 44.5 Å². The molecule has 22 rings (SSSR count). The molecule has 9 heterocycles. The van der Waals surface area contributed by atoms with Crippen molar-refractivity contribution in [3.05, 3.63) is 389 Å². The first-order chi connectivity index (χ1) is 59.4. The van der Waals surface area contributed by atoms with E-state index in [9.17, 15) is 9.59 Å². The van der Waals surface area contributed by atoms with Gasteiger partial charge < -0.3 is 18.7 Å². The monoisotopic (exact) mass is 1610 g/mol. The van der Waals surface area contributed by atoms with Crippen LogP contribution in [0.5, 0.6) is 5.75 Å². The van der Waals surface area contributed by atoms with Crippen LogP contribution in [0.15, 0.2) is 345 Å². The van der Waals surface area contributed by atoms with Gasteiger partial charge in [-0.1, -0.05) is 242 Å². The number of hydrogen-bond acceptors (Lipinski definition) is 11. The summed E-state index contributed by atoms with van der Waals surface area (Å²) < 4.78 is 14.0. The third-order valence-electron chi connectivity index (χ3n) is 21.9. The number of ether oxygens (including phenoxy) is 1. The second-order valence-corrected chi connectivity index (χ2v) is 29.8. The summed E-state index contributed by atoms with van der Waals surface area (Å²) in [6.45, 7) is 17.4. The summed E-state index contributed by atoms with van der Waals surface area (Å²) in [5.74, 6) is 3.39. The van der Waals surface area contributed by atoms with E-state index in [-0.39, 0.29) is 17.1 Å². The maximum Gasteiger partial charge on any atom is 0.221 e. The molecule has 18 nitrogen and oxygen atoms in total. The zero-order valence-corrected chi connectivity index (χ0v) is 67.5. The molecule has 1 aliphatic carbocycles. The number of hydrogen-bond donors (Lipinski definition) is 2. The number of para-hydroxylation sites is 4. The first-order valence-electron chi connectivity index (χ1n) is 39.7. The Balaban J connectivity index is 0.000000108. The van der Waals surface area contributed by atoms with Crippen molar-refractivity contribution >= 4 is 124 Å². The molecule has 2 aliphatic rings. The van der Waals surface area contributed by atoms with E-state index in [2.05, 4.69) is 184 Å². The summed E-state index contributed by atoms with van der Waals surface area (Å²) >= 11 is 13.0. The fourth-order valence-electron chi connectivity index (χ4n) is 16.5. The van der Waals surface area contributed by atoms with Crippen molar-refractivity contribution in [3.63, 3.8) is 0 Å². The normalized spacial score (nSPS) is 12.2. The maximum absolute atomic E-state index is 13.1. The Kier molecular flexibility index (Phi) is 20.1. The zero-order valence-electron chi connectivity index (χ0n) is 66.0. The number of halogens is 2. The third-order valence-corrected chi connectivity index (χ3v) is 22.7. The van der Waals surface area contributed by atoms with Crippen LogP contribution in [0.2, 0.25) is 10.0 Å². The number of imidazole rings is 2. The molecule has 584 valence electrons. The van der Waals surface area contributed by atoms with Crippen LogP contribution in [0.25, 0.3) is 133 Å². The number of aryl methyl sites for hydroxylation is 3. The van der Waals surface area contributed by atoms with Gasteiger partial charge >= 0.3 is 0 Å². The summed E-state index contributed by atoms with van der Waals surface area (Å²) in [5, 5.41) is 13.7. The van der Waals surface area contributed by atoms with Gasteiger partial charge in [-0.3, -0.25) is 28.9 Å². The Bertz CT molecular complexity index is 7340. The minimum atomic E-state index is -0.266. The summed E-state index contributed by atoms with van der Waals surface area (Å²) in [6.07, 6.45) is 8.70. The molecule has 2 N–H and O–H groups in total. The van der Waals surface area contributed by atoms with Gasteiger partial charge in [-0.15, -0.1) is 5.10 Å². The number of aromatic nitrogens is 12. The van der Waals surface area contributed by atoms with Gasteiger partial charge in [0.25, 0.3) is 0 Å². The van der Waals surface area contributed by atoms with Crippen LogP contribution in [-0.4, -0.2) is 76.3 Å². The average molecular weight is 1620 g/mol. The predicted octanol–water partition coefficient (Wildman–Crippen LogP) is 25.0. The molecule has 0 saturated carbocycles. The van der Waals surface area contributed by atoms with Crippen molar-refractivity contribution in [1.82, 2.24) is 58.1 Å². The number of nitrogens with one attached hydrogen (secondary N) is 2. The number of anilines is 4. The molecule has 0 unspecified atom stereocenters. The van der Waals surface area contributed by atoms with E-state index < -0.39 is 0 Å². The number of rotatable bonds is 12. The Hall–Kier alpha value is -15.6. The lowest BCUT2D eigenvalue weighted by atomic mass is 9.93. The second-order valence-electron chi connectivity index (χ2n) is 29.0. The van der Waals surface area contributed by atoms with Crippen LogP contribution < -0.4 is 14.5 Å². The molecule has 0 spiro atoms. The second kappa shape index (κ2) is 32.2. The van der Waals surface area contributed by atoms with Gasteiger partial charge in [0.05, 0.1) is 62.3 Å². The molecule has 0 saturated heterocycles. The standard InChI is InChI=1S/C32H20N4O2.C29H22Cl2N2.C22H19N3O.C18H12N6/c37-29-23-15-7-8-16-24(23)30(38)25(29)19-20-28-35(21-11-3-1-4-12-21)31-32(36(28)22-13-5-2-6-14-22)34-27-18-10-9-17-26(27)33-31;1-3-32-25-16-23(30)24(31)17-26(25)33-18(2)27(20-11-5-4-6-12-20)28(29(32)33)22-15-9-13-19-10-7-8-14-21(19)22;1-4-26-18-12-10-17(11-13-18)21-15(2)25-14-19(23-3)20(22(25)24-21)16-8-6-5-7-9-16;1-2-7-13-12(5-1)6-3-8-14(13)15-11-16-21-18(23-24(16)22-15)17-19-9-4-10-20-17/h1-20H;4-17H,3H2,1-2H3;5-14,24H,4H2,1-2H3;1-11,22H. The lowest BCUT2D eigenvalue weighted by Gasteiger charge is -2.24. The first kappa shape index (κ1) is 75.5. The van der Waals surface area contributed by atoms with Gasteiger partial charge in [-0.05, 0) is 157 Å². The Morgan fingerprint density at radius 2 is 1.02 bits per heavy atom. The van der Waals surface area contributed by atoms with Crippen LogP contribution in [0.1, 0.15) is 46.0 Å². The summed E-state index contributed by atoms with van der Waals surface area (Å²) in [7, 11) is 0. The highest BCUT2D eigenvalue weighted by molar-refractivity contribution is 6.43. The maximum atomic E-state index is 13.1. The Morgan fingerprint density at radius 3 is 1.60 bits per heavy atom. The minimum absolute atomic E-state index is 0.141. The van der Waals surface area contributed by atoms with Gasteiger partial charge in [0.15, 0.2) is 34.7 Å². The Morgan fingerprint density at radius 1 is 0.496 bits per heavy atom. The highest BCUT2D eigenvalue weighted by Crippen LogP contribution is 2.50. The van der Waals surface area contributed by atoms with Gasteiger partial charge in [0.2, 0.25) is 11.5 Å². The van der Waals surface area contributed by atoms with Crippen molar-refractivity contribution in [2.24, 2.45) is 0 Å². The molecule has 12 aromatic carbocycles. The van der Waals surface area contributed by atoms with E-state index in [1.54, 1.807) is 53.4 Å². The number of allylic oxidation sites excluding steroid dienone is 3. The number of carbonyl (C=O) groups excluding carboxylic acids is 2. The van der Waals surface area contributed by atoms with Gasteiger partial charge in [-0.25, -0.2) is 29.8 Å². The number of Topliss-reactive ketones (excluding diaryl/α,β-unsaturated/α-hetero) is 2. The number of benzene rings is 12. The SMILES string of the molecule is CCn1c2cc(Cl)c(Cl)cc2n2c(C)c(-c3ccccc3)c(-c3cccc4ccccc34)c12.O=C1C(=CC=C2N(c3ccccc3)c3nc4ccccc4nc3N2c2ccccc2)C(=O)c2ccccc21.[C-]#[N+]c1cn2c(C)c(-c3ccc(OCC)cc3)[nH]c2c1-c1ccccc1.c1cnc(-c2nc3cc(-c4cccc5ccccc45)[nH]n3n2)nc1. The van der Waals surface area contributed by atoms with Gasteiger partial charge in [0.1, 0.15) is 22.9 Å². The van der Waals surface area contributed by atoms with Crippen LogP contribution in [-0.2, 0) is 6.54 Å². The van der Waals surface area contributed by atoms with Crippen LogP contribution in [0.4, 0.5) is 28.7 Å². The fraction of sp³-hybridized carbons (Fsp3) is 0.0594. The molecule has 0 radical (unpaired) electrons. The molecular weight excluding hydrogens is 1540 g/mol. The highest BCUT2D eigenvalue weighted by atomic mass is 35.5. The van der Waals surface area contributed by atoms with Crippen LogP contribution in [0, 0.1) is 20.4 Å². The van der Waals surface area contributed by atoms with Crippen molar-refractivity contribution < 1.29 is 14.3 Å². The van der Waals surface area contributed by atoms with Crippen molar-refractivity contribution in [3.8, 4) is 73.3 Å². The highest BCUT2D eigenvalue weighted by Gasteiger charge is 2.38. The molecule has 20 aromatic rings. The van der Waals surface area contributed by atoms with Crippen LogP contribution in [0.3, 0.4) is 0 Å². The molecule has 1 aliphatic heterocycles. The number of carbonyl (C=O) groups is 2. The van der Waals surface area contributed by atoms with Crippen molar-refractivity contribution in [1.29, 1.82) is 0 Å². The molecule has 20 heteroatoms. The first-order valence-corrected chi connectivity index (χ1v) is 40.4. The molecule has 0 fully saturated rings. The molecular formula is C101H73Cl2N15O3.